The van der Waals surface area contributed by atoms with Gasteiger partial charge in [0.15, 0.2) is 5.96 Å². The Labute approximate surface area is 137 Å². The lowest BCUT2D eigenvalue weighted by molar-refractivity contribution is 0.487. The summed E-state index contributed by atoms with van der Waals surface area (Å²) in [6.45, 7) is 0. The van der Waals surface area contributed by atoms with E-state index in [-0.39, 0.29) is 12.1 Å². The Morgan fingerprint density at radius 1 is 1.19 bits per heavy atom. The van der Waals surface area contributed by atoms with Gasteiger partial charge in [0.2, 0.25) is 0 Å². The summed E-state index contributed by atoms with van der Waals surface area (Å²) in [4.78, 5) is 4.52. The number of halogens is 2. The van der Waals surface area contributed by atoms with Crippen LogP contribution < -0.4 is 11.1 Å². The Morgan fingerprint density at radius 3 is 2.76 bits per heavy atom. The summed E-state index contributed by atoms with van der Waals surface area (Å²) in [7, 11) is 0. The van der Waals surface area contributed by atoms with E-state index in [2.05, 4.69) is 38.4 Å². The van der Waals surface area contributed by atoms with E-state index in [0.29, 0.717) is 5.96 Å². The first kappa shape index (κ1) is 14.4. The molecule has 0 amide bonds. The lowest BCUT2D eigenvalue weighted by atomic mass is 9.94. The lowest BCUT2D eigenvalue weighted by Crippen LogP contribution is -2.39. The predicted molar refractivity (Wildman–Crippen MR) is 90.5 cm³/mol. The van der Waals surface area contributed by atoms with Crippen LogP contribution in [0.3, 0.4) is 0 Å². The van der Waals surface area contributed by atoms with Crippen LogP contribution in [-0.2, 0) is 0 Å². The number of benzene rings is 2. The molecule has 0 saturated heterocycles. The van der Waals surface area contributed by atoms with Crippen LogP contribution in [0, 0.1) is 0 Å². The lowest BCUT2D eigenvalue weighted by Gasteiger charge is -2.29. The quantitative estimate of drug-likeness (QED) is 0.839. The van der Waals surface area contributed by atoms with Crippen molar-refractivity contribution in [3.05, 3.63) is 69.2 Å². The minimum Gasteiger partial charge on any atom is -0.370 e. The third-order valence-corrected chi connectivity index (χ3v) is 4.43. The van der Waals surface area contributed by atoms with Crippen molar-refractivity contribution in [1.29, 1.82) is 0 Å². The van der Waals surface area contributed by atoms with Gasteiger partial charge in [0, 0.05) is 9.50 Å². The van der Waals surface area contributed by atoms with Gasteiger partial charge in [-0.1, -0.05) is 57.9 Å². The molecule has 5 heteroatoms. The summed E-state index contributed by atoms with van der Waals surface area (Å²) in [5, 5.41) is 3.97. The molecule has 0 spiro atoms. The molecule has 0 fully saturated rings. The molecule has 2 unspecified atom stereocenters. The van der Waals surface area contributed by atoms with Crippen LogP contribution in [0.25, 0.3) is 0 Å². The van der Waals surface area contributed by atoms with Crippen molar-refractivity contribution < 1.29 is 0 Å². The summed E-state index contributed by atoms with van der Waals surface area (Å²) in [6, 6.07) is 16.1. The van der Waals surface area contributed by atoms with E-state index in [4.69, 9.17) is 17.3 Å². The summed E-state index contributed by atoms with van der Waals surface area (Å²) in [6.07, 6.45) is 0.820. The highest BCUT2D eigenvalue weighted by atomic mass is 79.9. The van der Waals surface area contributed by atoms with Crippen LogP contribution in [0.1, 0.15) is 29.6 Å². The fraction of sp³-hybridized carbons (Fsp3) is 0.188. The molecule has 0 radical (unpaired) electrons. The second kappa shape index (κ2) is 6.08. The molecule has 0 saturated carbocycles. The third kappa shape index (κ3) is 3.22. The van der Waals surface area contributed by atoms with Crippen LogP contribution in [0.4, 0.5) is 0 Å². The van der Waals surface area contributed by atoms with Crippen molar-refractivity contribution in [2.45, 2.75) is 18.5 Å². The van der Waals surface area contributed by atoms with Gasteiger partial charge in [-0.2, -0.15) is 0 Å². The number of guanidine groups is 1. The largest absolute Gasteiger partial charge is 0.370 e. The fourth-order valence-corrected chi connectivity index (χ4v) is 3.29. The number of nitrogens with two attached hydrogens (primary N) is 1. The topological polar surface area (TPSA) is 50.4 Å². The highest BCUT2D eigenvalue weighted by molar-refractivity contribution is 9.10. The van der Waals surface area contributed by atoms with Crippen molar-refractivity contribution in [3.63, 3.8) is 0 Å². The molecule has 0 aliphatic carbocycles. The number of nitrogens with one attached hydrogen (secondary N) is 1. The van der Waals surface area contributed by atoms with Crippen LogP contribution >= 0.6 is 27.5 Å². The monoisotopic (exact) mass is 363 g/mol. The second-order valence-corrected chi connectivity index (χ2v) is 6.36. The zero-order chi connectivity index (χ0) is 14.8. The summed E-state index contributed by atoms with van der Waals surface area (Å²) in [5.41, 5.74) is 8.16. The highest BCUT2D eigenvalue weighted by Gasteiger charge is 2.25. The molecule has 2 aromatic carbocycles. The molecule has 21 heavy (non-hydrogen) atoms. The van der Waals surface area contributed by atoms with Gasteiger partial charge < -0.3 is 11.1 Å². The van der Waals surface area contributed by atoms with E-state index < -0.39 is 0 Å². The number of hydrogen-bond donors (Lipinski definition) is 2. The van der Waals surface area contributed by atoms with Crippen molar-refractivity contribution in [2.75, 3.05) is 0 Å². The van der Waals surface area contributed by atoms with E-state index >= 15 is 0 Å². The normalized spacial score (nSPS) is 21.5. The Morgan fingerprint density at radius 2 is 2.00 bits per heavy atom. The zero-order valence-corrected chi connectivity index (χ0v) is 13.6. The van der Waals surface area contributed by atoms with E-state index in [1.54, 1.807) is 0 Å². The molecule has 2 aromatic rings. The predicted octanol–water partition coefficient (Wildman–Crippen LogP) is 4.19. The molecular formula is C16H15BrClN3. The minimum atomic E-state index is 0.0324. The van der Waals surface area contributed by atoms with Gasteiger partial charge in [-0.15, -0.1) is 0 Å². The van der Waals surface area contributed by atoms with Crippen molar-refractivity contribution in [3.8, 4) is 0 Å². The van der Waals surface area contributed by atoms with Crippen LogP contribution in [0.15, 0.2) is 58.0 Å². The number of rotatable bonds is 2. The first-order chi connectivity index (χ1) is 10.1. The molecule has 1 heterocycles. The highest BCUT2D eigenvalue weighted by Crippen LogP contribution is 2.35. The number of nitrogens with zero attached hydrogens (tertiary/aromatic N) is 1. The second-order valence-electron chi connectivity index (χ2n) is 5.04. The molecule has 1 aliphatic rings. The van der Waals surface area contributed by atoms with Gasteiger partial charge in [0.1, 0.15) is 0 Å². The van der Waals surface area contributed by atoms with Gasteiger partial charge >= 0.3 is 0 Å². The van der Waals surface area contributed by atoms with Gasteiger partial charge in [-0.25, -0.2) is 4.99 Å². The van der Waals surface area contributed by atoms with E-state index in [9.17, 15) is 0 Å². The molecule has 3 rings (SSSR count). The first-order valence-corrected chi connectivity index (χ1v) is 7.90. The van der Waals surface area contributed by atoms with E-state index in [0.717, 1.165) is 27.0 Å². The Kier molecular flexibility index (Phi) is 4.17. The Hall–Kier alpha value is -1.52. The minimum absolute atomic E-state index is 0.0324. The van der Waals surface area contributed by atoms with Crippen molar-refractivity contribution in [1.82, 2.24) is 5.32 Å². The zero-order valence-electron chi connectivity index (χ0n) is 11.3. The number of hydrogen-bond acceptors (Lipinski definition) is 3. The van der Waals surface area contributed by atoms with Gasteiger partial charge in [-0.3, -0.25) is 0 Å². The van der Waals surface area contributed by atoms with E-state index in [1.807, 2.05) is 36.4 Å². The SMILES string of the molecule is NC1=NC(c2cccc(Br)c2)CC(c2ccccc2Cl)N1. The van der Waals surface area contributed by atoms with Crippen LogP contribution in [0.5, 0.6) is 0 Å². The molecule has 1 aliphatic heterocycles. The van der Waals surface area contributed by atoms with Crippen molar-refractivity contribution >= 4 is 33.5 Å². The first-order valence-electron chi connectivity index (χ1n) is 6.73. The molecule has 108 valence electrons. The molecule has 3 nitrogen and oxygen atoms in total. The molecule has 0 aromatic heterocycles. The summed E-state index contributed by atoms with van der Waals surface area (Å²) >= 11 is 9.80. The molecular weight excluding hydrogens is 350 g/mol. The maximum absolute atomic E-state index is 6.30. The molecule has 2 atom stereocenters. The van der Waals surface area contributed by atoms with Crippen LogP contribution in [0.2, 0.25) is 5.02 Å². The van der Waals surface area contributed by atoms with Crippen molar-refractivity contribution in [2.24, 2.45) is 10.7 Å². The Bertz CT molecular complexity index is 687. The maximum Gasteiger partial charge on any atom is 0.189 e. The molecule has 3 N–H and O–H groups in total. The third-order valence-electron chi connectivity index (χ3n) is 3.59. The smallest absolute Gasteiger partial charge is 0.189 e. The standard InChI is InChI=1S/C16H15BrClN3/c17-11-5-3-4-10(8-11)14-9-15(21-16(19)20-14)12-6-1-2-7-13(12)18/h1-8,14-15H,9H2,(H3,19,20,21). The van der Waals surface area contributed by atoms with E-state index in [1.165, 1.54) is 0 Å². The van der Waals surface area contributed by atoms with Gasteiger partial charge in [0.05, 0.1) is 12.1 Å². The number of aliphatic imine (C=N–C) groups is 1. The van der Waals surface area contributed by atoms with Crippen LogP contribution in [-0.4, -0.2) is 5.96 Å². The summed E-state index contributed by atoms with van der Waals surface area (Å²) < 4.78 is 1.04. The summed E-state index contributed by atoms with van der Waals surface area (Å²) in [5.74, 6) is 0.455. The average molecular weight is 365 g/mol. The molecule has 0 bridgehead atoms. The fourth-order valence-electron chi connectivity index (χ4n) is 2.61. The van der Waals surface area contributed by atoms with Gasteiger partial charge in [-0.05, 0) is 35.7 Å². The van der Waals surface area contributed by atoms with Gasteiger partial charge in [0.25, 0.3) is 0 Å². The average Bonchev–Trinajstić information content (AvgIpc) is 2.47. The Balaban J connectivity index is 1.92. The maximum atomic E-state index is 6.30.